The fourth-order valence-electron chi connectivity index (χ4n) is 3.78. The molecular formula is C22H35N3O3. The molecule has 6 heteroatoms. The fraction of sp³-hybridized carbons (Fsp3) is 0.636. The summed E-state index contributed by atoms with van der Waals surface area (Å²) >= 11 is 0. The monoisotopic (exact) mass is 389 g/mol. The maximum Gasteiger partial charge on any atom is 0.407 e. The predicted octanol–water partition coefficient (Wildman–Crippen LogP) is 3.02. The number of nitrogens with one attached hydrogen (secondary N) is 1. The van der Waals surface area contributed by atoms with Crippen LogP contribution in [0.3, 0.4) is 0 Å². The lowest BCUT2D eigenvalue weighted by Gasteiger charge is -2.42. The molecule has 0 aliphatic carbocycles. The Kier molecular flexibility index (Phi) is 7.47. The number of piperidine rings is 1. The molecule has 1 aromatic rings. The number of benzene rings is 1. The molecule has 1 fully saturated rings. The van der Waals surface area contributed by atoms with Crippen molar-refractivity contribution < 1.29 is 14.3 Å². The molecule has 1 heterocycles. The van der Waals surface area contributed by atoms with E-state index in [9.17, 15) is 9.59 Å². The highest BCUT2D eigenvalue weighted by molar-refractivity contribution is 5.88. The molecule has 0 bridgehead atoms. The Morgan fingerprint density at radius 1 is 1.14 bits per heavy atom. The number of carbonyl (C=O) groups is 2. The van der Waals surface area contributed by atoms with E-state index < -0.39 is 11.0 Å². The number of hydrogen-bond acceptors (Lipinski definition) is 4. The van der Waals surface area contributed by atoms with Crippen LogP contribution >= 0.6 is 0 Å². The highest BCUT2D eigenvalue weighted by atomic mass is 16.6. The van der Waals surface area contributed by atoms with E-state index >= 15 is 0 Å². The molecule has 0 aromatic heterocycles. The summed E-state index contributed by atoms with van der Waals surface area (Å²) < 4.78 is 5.25. The first-order valence-corrected chi connectivity index (χ1v) is 10.1. The van der Waals surface area contributed by atoms with E-state index in [4.69, 9.17) is 4.74 Å². The molecule has 1 saturated heterocycles. The topological polar surface area (TPSA) is 61.9 Å². The van der Waals surface area contributed by atoms with Crippen LogP contribution in [0.15, 0.2) is 30.3 Å². The van der Waals surface area contributed by atoms with Crippen molar-refractivity contribution in [2.45, 2.75) is 51.0 Å². The van der Waals surface area contributed by atoms with Gasteiger partial charge in [-0.25, -0.2) is 4.79 Å². The molecule has 0 unspecified atom stereocenters. The van der Waals surface area contributed by atoms with Crippen LogP contribution in [0.2, 0.25) is 0 Å². The van der Waals surface area contributed by atoms with Gasteiger partial charge in [0.2, 0.25) is 5.91 Å². The highest BCUT2D eigenvalue weighted by Crippen LogP contribution is 2.37. The average Bonchev–Trinajstić information content (AvgIpc) is 2.64. The molecule has 2 rings (SSSR count). The van der Waals surface area contributed by atoms with Crippen LogP contribution in [0.1, 0.15) is 45.6 Å². The minimum Gasteiger partial charge on any atom is -0.444 e. The van der Waals surface area contributed by atoms with Gasteiger partial charge < -0.3 is 19.9 Å². The van der Waals surface area contributed by atoms with Crippen molar-refractivity contribution >= 4 is 12.0 Å². The molecule has 1 aliphatic rings. The van der Waals surface area contributed by atoms with Crippen LogP contribution in [-0.2, 0) is 14.9 Å². The van der Waals surface area contributed by atoms with Gasteiger partial charge >= 0.3 is 6.09 Å². The summed E-state index contributed by atoms with van der Waals surface area (Å²) in [7, 11) is 3.67. The number of amides is 2. The quantitative estimate of drug-likeness (QED) is 0.760. The van der Waals surface area contributed by atoms with Crippen LogP contribution in [0, 0.1) is 0 Å². The molecule has 2 amide bonds. The van der Waals surface area contributed by atoms with Gasteiger partial charge in [-0.15, -0.1) is 0 Å². The van der Waals surface area contributed by atoms with Crippen LogP contribution < -0.4 is 5.32 Å². The second kappa shape index (κ2) is 9.41. The fourth-order valence-corrected chi connectivity index (χ4v) is 3.78. The molecule has 156 valence electrons. The lowest BCUT2D eigenvalue weighted by atomic mass is 9.71. The third-order valence-corrected chi connectivity index (χ3v) is 5.17. The molecule has 1 N–H and O–H groups in total. The van der Waals surface area contributed by atoms with Gasteiger partial charge in [0.05, 0.1) is 5.41 Å². The largest absolute Gasteiger partial charge is 0.444 e. The third-order valence-electron chi connectivity index (χ3n) is 5.17. The molecule has 6 nitrogen and oxygen atoms in total. The molecule has 0 saturated carbocycles. The summed E-state index contributed by atoms with van der Waals surface area (Å²) in [6.45, 7) is 8.81. The van der Waals surface area contributed by atoms with Crippen molar-refractivity contribution in [1.82, 2.24) is 15.1 Å². The SMILES string of the molecule is CN(C)C(=O)C1(c2ccccc2)CCN(CCCNC(=O)OC(C)(C)C)CC1. The standard InChI is InChI=1S/C22H35N3O3/c1-21(2,3)28-20(27)23-14-9-15-25-16-12-22(13-17-25,19(26)24(4)5)18-10-7-6-8-11-18/h6-8,10-11H,9,12-17H2,1-5H3,(H,23,27). The first-order chi connectivity index (χ1) is 13.1. The second-order valence-electron chi connectivity index (χ2n) is 8.77. The van der Waals surface area contributed by atoms with E-state index in [1.807, 2.05) is 53.1 Å². The van der Waals surface area contributed by atoms with Gasteiger partial charge in [-0.1, -0.05) is 30.3 Å². The minimum atomic E-state index is -0.475. The van der Waals surface area contributed by atoms with Crippen LogP contribution in [0.4, 0.5) is 4.79 Å². The van der Waals surface area contributed by atoms with E-state index in [0.717, 1.165) is 44.5 Å². The van der Waals surface area contributed by atoms with Gasteiger partial charge in [0.15, 0.2) is 0 Å². The number of ether oxygens (including phenoxy) is 1. The Balaban J connectivity index is 1.86. The van der Waals surface area contributed by atoms with Crippen molar-refractivity contribution in [2.24, 2.45) is 0 Å². The molecule has 1 aliphatic heterocycles. The van der Waals surface area contributed by atoms with Gasteiger partial charge in [-0.2, -0.15) is 0 Å². The van der Waals surface area contributed by atoms with Crippen molar-refractivity contribution in [3.05, 3.63) is 35.9 Å². The number of alkyl carbamates (subject to hydrolysis) is 1. The maximum atomic E-state index is 13.0. The van der Waals surface area contributed by atoms with Crippen molar-refractivity contribution in [1.29, 1.82) is 0 Å². The van der Waals surface area contributed by atoms with Gasteiger partial charge in [0.25, 0.3) is 0 Å². The van der Waals surface area contributed by atoms with Crippen molar-refractivity contribution in [2.75, 3.05) is 40.3 Å². The van der Waals surface area contributed by atoms with Crippen molar-refractivity contribution in [3.8, 4) is 0 Å². The first kappa shape index (κ1) is 22.2. The smallest absolute Gasteiger partial charge is 0.407 e. The van der Waals surface area contributed by atoms with Crippen molar-refractivity contribution in [3.63, 3.8) is 0 Å². The van der Waals surface area contributed by atoms with Gasteiger partial charge in [-0.05, 0) is 65.2 Å². The zero-order chi connectivity index (χ0) is 20.8. The summed E-state index contributed by atoms with van der Waals surface area (Å²) in [5.74, 6) is 0.185. The summed E-state index contributed by atoms with van der Waals surface area (Å²) in [6, 6.07) is 10.2. The number of nitrogens with zero attached hydrogens (tertiary/aromatic N) is 2. The van der Waals surface area contributed by atoms with E-state index in [1.54, 1.807) is 4.90 Å². The lowest BCUT2D eigenvalue weighted by molar-refractivity contribution is -0.136. The summed E-state index contributed by atoms with van der Waals surface area (Å²) in [6.07, 6.45) is 2.12. The van der Waals surface area contributed by atoms with E-state index in [1.165, 1.54) is 0 Å². The summed E-state index contributed by atoms with van der Waals surface area (Å²) in [4.78, 5) is 28.8. The Morgan fingerprint density at radius 2 is 1.75 bits per heavy atom. The predicted molar refractivity (Wildman–Crippen MR) is 111 cm³/mol. The zero-order valence-electron chi connectivity index (χ0n) is 18.0. The molecule has 0 atom stereocenters. The molecule has 1 aromatic carbocycles. The number of rotatable bonds is 6. The molecule has 0 spiro atoms. The number of hydrogen-bond donors (Lipinski definition) is 1. The summed E-state index contributed by atoms with van der Waals surface area (Å²) in [5, 5.41) is 2.81. The Morgan fingerprint density at radius 3 is 2.29 bits per heavy atom. The number of likely N-dealkylation sites (N-methyl/N-ethyl adjacent to an activating group) is 1. The number of likely N-dealkylation sites (tertiary alicyclic amines) is 1. The molecule has 0 radical (unpaired) electrons. The lowest BCUT2D eigenvalue weighted by Crippen LogP contribution is -2.51. The Hall–Kier alpha value is -2.08. The zero-order valence-corrected chi connectivity index (χ0v) is 18.0. The molecular weight excluding hydrogens is 354 g/mol. The minimum absolute atomic E-state index is 0.185. The van der Waals surface area contributed by atoms with Gasteiger partial charge in [0, 0.05) is 20.6 Å². The highest BCUT2D eigenvalue weighted by Gasteiger charge is 2.43. The van der Waals surface area contributed by atoms with E-state index in [-0.39, 0.29) is 12.0 Å². The third kappa shape index (κ3) is 5.96. The number of carbonyl (C=O) groups excluding carboxylic acids is 2. The van der Waals surface area contributed by atoms with Gasteiger partial charge in [-0.3, -0.25) is 4.79 Å². The van der Waals surface area contributed by atoms with E-state index in [0.29, 0.717) is 6.54 Å². The Bertz CT molecular complexity index is 645. The van der Waals surface area contributed by atoms with E-state index in [2.05, 4.69) is 22.3 Å². The Labute approximate surface area is 169 Å². The van der Waals surface area contributed by atoms with Crippen LogP contribution in [0.25, 0.3) is 0 Å². The van der Waals surface area contributed by atoms with Crippen LogP contribution in [-0.4, -0.2) is 67.7 Å². The maximum absolute atomic E-state index is 13.0. The summed E-state index contributed by atoms with van der Waals surface area (Å²) in [5.41, 5.74) is 0.201. The average molecular weight is 390 g/mol. The van der Waals surface area contributed by atoms with Crippen LogP contribution in [0.5, 0.6) is 0 Å². The van der Waals surface area contributed by atoms with Gasteiger partial charge in [0.1, 0.15) is 5.60 Å². The normalized spacial score (nSPS) is 17.0. The molecule has 28 heavy (non-hydrogen) atoms. The first-order valence-electron chi connectivity index (χ1n) is 10.1. The second-order valence-corrected chi connectivity index (χ2v) is 8.77.